The predicted octanol–water partition coefficient (Wildman–Crippen LogP) is 2.83. The Kier molecular flexibility index (Phi) is 4.80. The van der Waals surface area contributed by atoms with Gasteiger partial charge in [0.1, 0.15) is 17.7 Å². The summed E-state index contributed by atoms with van der Waals surface area (Å²) in [5.41, 5.74) is 0.655. The Morgan fingerprint density at radius 3 is 2.65 bits per heavy atom. The van der Waals surface area contributed by atoms with Gasteiger partial charge in [0, 0.05) is 0 Å². The van der Waals surface area contributed by atoms with Crippen molar-refractivity contribution < 1.29 is 9.84 Å². The molecule has 0 spiro atoms. The number of aromatic hydroxyl groups is 1. The lowest BCUT2D eigenvalue weighted by Crippen LogP contribution is -1.93. The second-order valence-corrected chi connectivity index (χ2v) is 4.23. The molecule has 0 saturated carbocycles. The van der Waals surface area contributed by atoms with Gasteiger partial charge < -0.3 is 9.84 Å². The molecule has 0 radical (unpaired) electrons. The molecule has 0 aliphatic rings. The molecule has 5 heteroatoms. The summed E-state index contributed by atoms with van der Waals surface area (Å²) in [4.78, 5) is 0. The first-order chi connectivity index (χ1) is 8.12. The Morgan fingerprint density at radius 1 is 1.47 bits per heavy atom. The van der Waals surface area contributed by atoms with E-state index in [1.807, 2.05) is 29.5 Å². The highest BCUT2D eigenvalue weighted by molar-refractivity contribution is 14.1. The maximum Gasteiger partial charge on any atom is 0.171 e. The molecule has 1 rings (SSSR count). The minimum Gasteiger partial charge on any atom is -0.504 e. The monoisotopic (exact) mass is 340 g/mol. The molecule has 0 bridgehead atoms. The number of nitrogens with zero attached hydrogens (tertiary/aromatic N) is 2. The Balaban J connectivity index is 3.25. The van der Waals surface area contributed by atoms with E-state index in [9.17, 15) is 5.11 Å². The van der Waals surface area contributed by atoms with Gasteiger partial charge in [0.05, 0.1) is 10.2 Å². The molecule has 4 nitrogen and oxygen atoms in total. The largest absolute Gasteiger partial charge is 0.504 e. The highest BCUT2D eigenvalue weighted by Crippen LogP contribution is 2.33. The molecule has 0 saturated heterocycles. The molecule has 86 valence electrons. The molecule has 0 aliphatic carbocycles. The maximum atomic E-state index is 9.72. The van der Waals surface area contributed by atoms with Gasteiger partial charge in [-0.25, -0.2) is 0 Å². The lowest BCUT2D eigenvalue weighted by Gasteiger charge is -2.08. The van der Waals surface area contributed by atoms with Gasteiger partial charge >= 0.3 is 0 Å². The first kappa shape index (κ1) is 13.3. The fourth-order valence-corrected chi connectivity index (χ4v) is 1.82. The van der Waals surface area contributed by atoms with Crippen LogP contribution in [-0.2, 0) is 0 Å². The number of phenolic OH excluding ortho intramolecular Hbond substituents is 1. The van der Waals surface area contributed by atoms with Crippen LogP contribution in [0.5, 0.6) is 11.5 Å². The van der Waals surface area contributed by atoms with Crippen LogP contribution in [0.3, 0.4) is 0 Å². The second kappa shape index (κ2) is 6.12. The van der Waals surface area contributed by atoms with Crippen LogP contribution >= 0.6 is 22.6 Å². The van der Waals surface area contributed by atoms with Crippen molar-refractivity contribution in [2.75, 3.05) is 6.61 Å². The molecule has 0 atom stereocenters. The van der Waals surface area contributed by atoms with Crippen molar-refractivity contribution in [1.29, 1.82) is 10.5 Å². The Hall–Kier alpha value is -1.73. The smallest absolute Gasteiger partial charge is 0.171 e. The van der Waals surface area contributed by atoms with Crippen molar-refractivity contribution in [3.8, 4) is 23.6 Å². The van der Waals surface area contributed by atoms with E-state index in [0.717, 1.165) is 0 Å². The van der Waals surface area contributed by atoms with E-state index in [1.54, 1.807) is 24.3 Å². The number of benzene rings is 1. The zero-order valence-electron chi connectivity index (χ0n) is 9.07. The van der Waals surface area contributed by atoms with Crippen LogP contribution in [0.4, 0.5) is 0 Å². The summed E-state index contributed by atoms with van der Waals surface area (Å²) in [6.45, 7) is 2.24. The number of phenols is 1. The van der Waals surface area contributed by atoms with E-state index in [2.05, 4.69) is 0 Å². The fourth-order valence-electron chi connectivity index (χ4n) is 1.20. The average Bonchev–Trinajstić information content (AvgIpc) is 2.32. The van der Waals surface area contributed by atoms with Crippen LogP contribution in [0, 0.1) is 26.2 Å². The average molecular weight is 340 g/mol. The number of ether oxygens (including phenoxy) is 1. The highest BCUT2D eigenvalue weighted by Gasteiger charge is 2.08. The number of halogens is 1. The van der Waals surface area contributed by atoms with Crippen molar-refractivity contribution in [2.24, 2.45) is 0 Å². The van der Waals surface area contributed by atoms with Crippen LogP contribution < -0.4 is 4.74 Å². The number of allylic oxidation sites excluding steroid dienone is 1. The molecule has 1 aromatic rings. The van der Waals surface area contributed by atoms with Crippen molar-refractivity contribution >= 4 is 28.7 Å². The van der Waals surface area contributed by atoms with Gasteiger partial charge in [-0.05, 0) is 53.3 Å². The Morgan fingerprint density at radius 2 is 2.12 bits per heavy atom. The molecule has 0 aliphatic heterocycles. The molecule has 1 N–H and O–H groups in total. The summed E-state index contributed by atoms with van der Waals surface area (Å²) in [5, 5.41) is 27.0. The molecule has 0 heterocycles. The van der Waals surface area contributed by atoms with Crippen LogP contribution in [0.15, 0.2) is 17.7 Å². The van der Waals surface area contributed by atoms with Gasteiger partial charge in [-0.1, -0.05) is 0 Å². The molecule has 0 fully saturated rings. The maximum absolute atomic E-state index is 9.72. The Labute approximate surface area is 113 Å². The number of hydrogen-bond donors (Lipinski definition) is 1. The number of nitriles is 2. The van der Waals surface area contributed by atoms with Crippen LogP contribution in [-0.4, -0.2) is 11.7 Å². The van der Waals surface area contributed by atoms with Crippen LogP contribution in [0.1, 0.15) is 12.5 Å². The summed E-state index contributed by atoms with van der Waals surface area (Å²) in [6, 6.07) is 6.83. The third-order valence-electron chi connectivity index (χ3n) is 1.90. The van der Waals surface area contributed by atoms with Crippen LogP contribution in [0.2, 0.25) is 0 Å². The first-order valence-corrected chi connectivity index (χ1v) is 5.87. The quantitative estimate of drug-likeness (QED) is 0.678. The Bertz CT molecular complexity index is 523. The topological polar surface area (TPSA) is 77.0 Å². The van der Waals surface area contributed by atoms with E-state index < -0.39 is 0 Å². The van der Waals surface area contributed by atoms with Gasteiger partial charge in [0.15, 0.2) is 11.5 Å². The van der Waals surface area contributed by atoms with Gasteiger partial charge in [-0.2, -0.15) is 10.5 Å². The summed E-state index contributed by atoms with van der Waals surface area (Å²) >= 11 is 1.96. The van der Waals surface area contributed by atoms with Crippen molar-refractivity contribution in [2.45, 2.75) is 6.92 Å². The fraction of sp³-hybridized carbons (Fsp3) is 0.167. The molecule has 0 unspecified atom stereocenters. The van der Waals surface area contributed by atoms with Crippen LogP contribution in [0.25, 0.3) is 6.08 Å². The number of rotatable bonds is 3. The molecular weight excluding hydrogens is 331 g/mol. The van der Waals surface area contributed by atoms with E-state index in [4.69, 9.17) is 15.3 Å². The molecule has 1 aromatic carbocycles. The third-order valence-corrected chi connectivity index (χ3v) is 2.72. The summed E-state index contributed by atoms with van der Waals surface area (Å²) in [5.74, 6) is 0.418. The summed E-state index contributed by atoms with van der Waals surface area (Å²) < 4.78 is 5.86. The number of hydrogen-bond acceptors (Lipinski definition) is 4. The summed E-state index contributed by atoms with van der Waals surface area (Å²) in [7, 11) is 0. The van der Waals surface area contributed by atoms with Gasteiger partial charge in [-0.3, -0.25) is 0 Å². The SMILES string of the molecule is CCOc1cc(C=C(C#N)C#N)cc(I)c1O. The van der Waals surface area contributed by atoms with Crippen molar-refractivity contribution in [3.05, 3.63) is 26.8 Å². The minimum atomic E-state index is 0.00828. The zero-order valence-corrected chi connectivity index (χ0v) is 11.2. The molecule has 0 amide bonds. The van der Waals surface area contributed by atoms with E-state index >= 15 is 0 Å². The summed E-state index contributed by atoms with van der Waals surface area (Å²) in [6.07, 6.45) is 1.45. The lowest BCUT2D eigenvalue weighted by atomic mass is 10.1. The van der Waals surface area contributed by atoms with Gasteiger partial charge in [0.2, 0.25) is 0 Å². The lowest BCUT2D eigenvalue weighted by molar-refractivity contribution is 0.317. The molecular formula is C12H9IN2O2. The van der Waals surface area contributed by atoms with E-state index in [1.165, 1.54) is 6.08 Å². The highest BCUT2D eigenvalue weighted by atomic mass is 127. The van der Waals surface area contributed by atoms with Gasteiger partial charge in [0.25, 0.3) is 0 Å². The zero-order chi connectivity index (χ0) is 12.8. The van der Waals surface area contributed by atoms with Crippen molar-refractivity contribution in [3.63, 3.8) is 0 Å². The van der Waals surface area contributed by atoms with E-state index in [-0.39, 0.29) is 11.3 Å². The third kappa shape index (κ3) is 3.36. The van der Waals surface area contributed by atoms with Gasteiger partial charge in [-0.15, -0.1) is 0 Å². The standard InChI is InChI=1S/C12H9IN2O2/c1-2-17-11-5-8(3-9(6-14)7-15)4-10(13)12(11)16/h3-5,16H,2H2,1H3. The van der Waals surface area contributed by atoms with E-state index in [0.29, 0.717) is 21.5 Å². The first-order valence-electron chi connectivity index (χ1n) is 4.79. The molecule has 17 heavy (non-hydrogen) atoms. The second-order valence-electron chi connectivity index (χ2n) is 3.06. The predicted molar refractivity (Wildman–Crippen MR) is 71.2 cm³/mol. The normalized spacial score (nSPS) is 8.94. The minimum absolute atomic E-state index is 0.00828. The van der Waals surface area contributed by atoms with Crippen molar-refractivity contribution in [1.82, 2.24) is 0 Å². The molecule has 0 aromatic heterocycles.